The number of allylic oxidation sites excluding steroid dienone is 7. The summed E-state index contributed by atoms with van der Waals surface area (Å²) in [5.41, 5.74) is 1.48. The van der Waals surface area contributed by atoms with Crippen molar-refractivity contribution < 1.29 is 53.5 Å². The lowest BCUT2D eigenvalue weighted by atomic mass is 9.75. The Morgan fingerprint density at radius 2 is 1.57 bits per heavy atom. The molecule has 0 aromatic heterocycles. The van der Waals surface area contributed by atoms with E-state index < -0.39 is 71.7 Å². The van der Waals surface area contributed by atoms with Crippen molar-refractivity contribution in [3.63, 3.8) is 0 Å². The van der Waals surface area contributed by atoms with Crippen LogP contribution in [0.5, 0.6) is 0 Å². The van der Waals surface area contributed by atoms with Crippen LogP contribution in [-0.4, -0.2) is 105 Å². The molecule has 0 spiro atoms. The first kappa shape index (κ1) is 52.3. The topological polar surface area (TPSA) is 177 Å². The number of Topliss-reactive ketones (excluding diaryl/α,β-unsaturated/α-hetero) is 3. The van der Waals surface area contributed by atoms with E-state index in [0.29, 0.717) is 56.9 Å². The molecule has 3 fully saturated rings. The van der Waals surface area contributed by atoms with Gasteiger partial charge in [0.2, 0.25) is 5.79 Å². The fourth-order valence-corrected chi connectivity index (χ4v) is 10.1. The highest BCUT2D eigenvalue weighted by atomic mass is 16.6. The molecular weight excluding hydrogens is 803 g/mol. The number of amides is 1. The standard InChI is InChI=1S/C51H79NO11/c1-30-16-12-11-13-17-31(2)32(3)28-40-21-19-38(9)51(60,63-40)48(57)49(58)52-23-15-14-18-41(52)50(59)62-44(35(6)27-39-20-22-42(53)34(5)26-39)29-43(54)33(4)25-37(8)46(56)47(61-10)45(55)36(7)24-30/h11-13,16-17,25,30,32-36,38-42,44,46-47,53,56,60H,14-15,18-24,26-29H2,1-10H3/b13-11+,16-12+,31-17+,37-25+/t30-,32+,33-,34-,35-,36-,38-,39-,40+,41?,42-,44+,46-,47?,51-/m1/s1. The van der Waals surface area contributed by atoms with E-state index >= 15 is 0 Å². The molecule has 63 heavy (non-hydrogen) atoms. The molecule has 0 radical (unpaired) electrons. The maximum atomic E-state index is 14.3. The number of hydrogen-bond acceptors (Lipinski definition) is 11. The molecule has 2 bridgehead atoms. The number of fused-ring (bicyclic) bond motifs is 3. The molecule has 15 atom stereocenters. The zero-order chi connectivity index (χ0) is 46.8. The van der Waals surface area contributed by atoms with E-state index in [2.05, 4.69) is 6.92 Å². The third kappa shape index (κ3) is 13.9. The number of piperidine rings is 1. The Hall–Kier alpha value is -3.29. The molecule has 4 rings (SSSR count). The monoisotopic (exact) mass is 882 g/mol. The van der Waals surface area contributed by atoms with Crippen molar-refractivity contribution in [1.82, 2.24) is 4.90 Å². The first-order valence-corrected chi connectivity index (χ1v) is 23.8. The summed E-state index contributed by atoms with van der Waals surface area (Å²) in [6, 6.07) is -1.10. The first-order valence-electron chi connectivity index (χ1n) is 23.8. The number of aliphatic hydroxyl groups excluding tert-OH is 2. The van der Waals surface area contributed by atoms with Crippen molar-refractivity contribution in [2.75, 3.05) is 13.7 Å². The highest BCUT2D eigenvalue weighted by Gasteiger charge is 2.53. The number of esters is 1. The van der Waals surface area contributed by atoms with Gasteiger partial charge in [-0.25, -0.2) is 4.79 Å². The number of rotatable bonds is 4. The molecule has 1 amide bonds. The van der Waals surface area contributed by atoms with Gasteiger partial charge in [-0.2, -0.15) is 0 Å². The number of hydrogen-bond donors (Lipinski definition) is 3. The van der Waals surface area contributed by atoms with Crippen molar-refractivity contribution in [1.29, 1.82) is 0 Å². The van der Waals surface area contributed by atoms with Crippen LogP contribution < -0.4 is 0 Å². The Balaban J connectivity index is 1.69. The summed E-state index contributed by atoms with van der Waals surface area (Å²) >= 11 is 0. The van der Waals surface area contributed by atoms with E-state index in [0.717, 1.165) is 18.4 Å². The molecule has 1 saturated carbocycles. The summed E-state index contributed by atoms with van der Waals surface area (Å²) in [6.07, 6.45) is 13.7. The molecule has 0 aromatic rings. The summed E-state index contributed by atoms with van der Waals surface area (Å²) in [7, 11) is 1.39. The van der Waals surface area contributed by atoms with Gasteiger partial charge in [0, 0.05) is 37.8 Å². The predicted octanol–water partition coefficient (Wildman–Crippen LogP) is 7.42. The molecule has 3 heterocycles. The fourth-order valence-electron chi connectivity index (χ4n) is 10.1. The van der Waals surface area contributed by atoms with Crippen LogP contribution in [0.1, 0.15) is 139 Å². The van der Waals surface area contributed by atoms with E-state index in [1.807, 2.05) is 65.0 Å². The third-order valence-corrected chi connectivity index (χ3v) is 14.7. The minimum absolute atomic E-state index is 0.0380. The number of nitrogens with zero attached hydrogens (tertiary/aromatic N) is 1. The molecule has 12 nitrogen and oxygen atoms in total. The number of carbonyl (C=O) groups excluding carboxylic acids is 5. The fraction of sp³-hybridized carbons (Fsp3) is 0.745. The Labute approximate surface area is 376 Å². The van der Waals surface area contributed by atoms with Gasteiger partial charge in [-0.3, -0.25) is 19.2 Å². The number of methoxy groups -OCH3 is 1. The van der Waals surface area contributed by atoms with Gasteiger partial charge in [0.1, 0.15) is 30.1 Å². The molecule has 1 aliphatic carbocycles. The molecule has 2 unspecified atom stereocenters. The average Bonchev–Trinajstić information content (AvgIpc) is 3.24. The van der Waals surface area contributed by atoms with Crippen LogP contribution in [0.25, 0.3) is 0 Å². The minimum atomic E-state index is -2.36. The third-order valence-electron chi connectivity index (χ3n) is 14.7. The second kappa shape index (κ2) is 23.8. The van der Waals surface area contributed by atoms with Crippen molar-refractivity contribution in [3.8, 4) is 0 Å². The van der Waals surface area contributed by atoms with E-state index in [1.54, 1.807) is 26.8 Å². The lowest BCUT2D eigenvalue weighted by Crippen LogP contribution is -2.60. The van der Waals surface area contributed by atoms with Gasteiger partial charge in [0.05, 0.1) is 12.2 Å². The second-order valence-electron chi connectivity index (χ2n) is 20.0. The molecule has 0 aromatic carbocycles. The summed E-state index contributed by atoms with van der Waals surface area (Å²) in [5.74, 6) is -7.24. The van der Waals surface area contributed by atoms with Gasteiger partial charge in [0.25, 0.3) is 11.7 Å². The SMILES string of the molecule is COC1C(=O)[C@H](C)C[C@H](C)/C=C/C=C/C=C(\C)[C@@H](C)C[C@@H]2CC[C@@H](C)[C@@](O)(O2)C(=O)C(=O)N2CCCCC2C(=O)O[C@H]([C@H](C)C[C@@H]2CC[C@@H](O)[C@H](C)C2)CC(=O)[C@H](C)/C=C(\C)[C@H]1O. The van der Waals surface area contributed by atoms with Gasteiger partial charge in [-0.15, -0.1) is 0 Å². The van der Waals surface area contributed by atoms with E-state index in [9.17, 15) is 39.3 Å². The highest BCUT2D eigenvalue weighted by Crippen LogP contribution is 2.38. The van der Waals surface area contributed by atoms with Crippen molar-refractivity contribution in [2.24, 2.45) is 47.3 Å². The van der Waals surface area contributed by atoms with Crippen LogP contribution in [0.2, 0.25) is 0 Å². The van der Waals surface area contributed by atoms with Crippen LogP contribution in [0.15, 0.2) is 47.6 Å². The lowest BCUT2D eigenvalue weighted by Gasteiger charge is -2.42. The lowest BCUT2D eigenvalue weighted by molar-refractivity contribution is -0.264. The molecule has 3 aliphatic heterocycles. The summed E-state index contributed by atoms with van der Waals surface area (Å²) in [6.45, 7) is 17.1. The van der Waals surface area contributed by atoms with E-state index in [-0.39, 0.29) is 66.6 Å². The van der Waals surface area contributed by atoms with Crippen LogP contribution in [0.3, 0.4) is 0 Å². The molecule has 3 N–H and O–H groups in total. The largest absolute Gasteiger partial charge is 0.460 e. The van der Waals surface area contributed by atoms with Gasteiger partial charge >= 0.3 is 5.97 Å². The second-order valence-corrected chi connectivity index (χ2v) is 20.0. The number of aliphatic hydroxyl groups is 3. The molecular formula is C51H79NO11. The average molecular weight is 882 g/mol. The summed E-state index contributed by atoms with van der Waals surface area (Å²) in [4.78, 5) is 71.6. The van der Waals surface area contributed by atoms with E-state index in [1.165, 1.54) is 12.0 Å². The van der Waals surface area contributed by atoms with Crippen molar-refractivity contribution in [3.05, 3.63) is 47.6 Å². The van der Waals surface area contributed by atoms with Crippen LogP contribution in [-0.2, 0) is 38.2 Å². The van der Waals surface area contributed by atoms with Crippen molar-refractivity contribution in [2.45, 2.75) is 182 Å². The Morgan fingerprint density at radius 3 is 2.25 bits per heavy atom. The highest BCUT2D eigenvalue weighted by molar-refractivity contribution is 6.39. The first-order chi connectivity index (χ1) is 29.7. The zero-order valence-electron chi connectivity index (χ0n) is 39.8. The van der Waals surface area contributed by atoms with Crippen LogP contribution in [0, 0.1) is 47.3 Å². The number of ketones is 3. The predicted molar refractivity (Wildman–Crippen MR) is 242 cm³/mol. The maximum Gasteiger partial charge on any atom is 0.329 e. The van der Waals surface area contributed by atoms with E-state index in [4.69, 9.17) is 14.2 Å². The van der Waals surface area contributed by atoms with Crippen LogP contribution >= 0.6 is 0 Å². The molecule has 12 heteroatoms. The number of cyclic esters (lactones) is 1. The molecule has 354 valence electrons. The minimum Gasteiger partial charge on any atom is -0.460 e. The van der Waals surface area contributed by atoms with Gasteiger partial charge in [-0.1, -0.05) is 90.5 Å². The van der Waals surface area contributed by atoms with Gasteiger partial charge in [-0.05, 0) is 120 Å². The Bertz CT molecular complexity index is 1720. The van der Waals surface area contributed by atoms with Crippen molar-refractivity contribution >= 4 is 29.2 Å². The van der Waals surface area contributed by atoms with Crippen LogP contribution in [0.4, 0.5) is 0 Å². The summed E-state index contributed by atoms with van der Waals surface area (Å²) < 4.78 is 18.0. The zero-order valence-corrected chi connectivity index (χ0v) is 39.8. The quantitative estimate of drug-likeness (QED) is 0.146. The number of ether oxygens (including phenoxy) is 3. The molecule has 2 saturated heterocycles. The smallest absolute Gasteiger partial charge is 0.329 e. The molecule has 4 aliphatic rings. The Kier molecular flexibility index (Phi) is 19.7. The Morgan fingerprint density at radius 1 is 0.857 bits per heavy atom. The maximum absolute atomic E-state index is 14.3. The van der Waals surface area contributed by atoms with Gasteiger partial charge < -0.3 is 34.4 Å². The normalized spacial score (nSPS) is 41.3. The van der Waals surface area contributed by atoms with Gasteiger partial charge in [0.15, 0.2) is 5.78 Å². The number of carbonyl (C=O) groups is 5. The summed E-state index contributed by atoms with van der Waals surface area (Å²) in [5, 5.41) is 33.7.